The van der Waals surface area contributed by atoms with Gasteiger partial charge in [0.05, 0.1) is 0 Å². The number of halogens is 2. The van der Waals surface area contributed by atoms with Crippen LogP contribution < -0.4 is 35.4 Å². The first-order valence-corrected chi connectivity index (χ1v) is 15.6. The summed E-state index contributed by atoms with van der Waals surface area (Å²) in [4.78, 5) is 5.07. The molecule has 0 spiro atoms. The number of hydrogen-bond donors (Lipinski definition) is 2. The van der Waals surface area contributed by atoms with Gasteiger partial charge in [-0.15, -0.1) is 18.2 Å². The normalized spacial score (nSPS) is 21.0. The Morgan fingerprint density at radius 2 is 1.02 bits per heavy atom. The van der Waals surface area contributed by atoms with Gasteiger partial charge in [0, 0.05) is 24.7 Å². The van der Waals surface area contributed by atoms with E-state index in [4.69, 9.17) is 0 Å². The second kappa shape index (κ2) is 20.9. The molecule has 0 aromatic heterocycles. The Kier molecular flexibility index (Phi) is 18.1. The molecule has 2 N–H and O–H groups in total. The third kappa shape index (κ3) is 11.6. The van der Waals surface area contributed by atoms with Gasteiger partial charge in [0.15, 0.2) is 0 Å². The van der Waals surface area contributed by atoms with Crippen LogP contribution in [0.15, 0.2) is 121 Å². The molecular formula is C38H47Cl2N4Ti. The molecule has 45 heavy (non-hydrogen) atoms. The fourth-order valence-corrected chi connectivity index (χ4v) is 6.35. The fraction of sp³-hybridized carbons (Fsp3) is 0.342. The molecular weight excluding hydrogens is 631 g/mol. The Labute approximate surface area is 299 Å². The molecule has 0 amide bonds. The van der Waals surface area contributed by atoms with Crippen LogP contribution in [-0.2, 0) is 21.7 Å². The summed E-state index contributed by atoms with van der Waals surface area (Å²) in [6, 6.07) is 46.3. The van der Waals surface area contributed by atoms with E-state index >= 15 is 0 Å². The summed E-state index contributed by atoms with van der Waals surface area (Å²) >= 11 is 0. The number of hydrogen-bond acceptors (Lipinski definition) is 4. The van der Waals surface area contributed by atoms with E-state index in [1.165, 1.54) is 28.3 Å². The van der Waals surface area contributed by atoms with Crippen LogP contribution in [0.5, 0.6) is 0 Å². The first kappa shape index (κ1) is 39.1. The molecule has 1 radical (unpaired) electrons. The van der Waals surface area contributed by atoms with Crippen molar-refractivity contribution < 1.29 is 46.5 Å². The van der Waals surface area contributed by atoms with Crippen LogP contribution in [0.25, 0.3) is 0 Å². The van der Waals surface area contributed by atoms with Gasteiger partial charge in [-0.2, -0.15) is 17.7 Å². The summed E-state index contributed by atoms with van der Waals surface area (Å²) in [5, 5.41) is 7.89. The van der Waals surface area contributed by atoms with Gasteiger partial charge in [0.1, 0.15) is 0 Å². The summed E-state index contributed by atoms with van der Waals surface area (Å²) in [5.41, 5.74) is 5.44. The van der Waals surface area contributed by atoms with Crippen molar-refractivity contribution in [2.24, 2.45) is 0 Å². The van der Waals surface area contributed by atoms with Crippen molar-refractivity contribution in [3.05, 3.63) is 150 Å². The monoisotopic (exact) mass is 677 g/mol. The summed E-state index contributed by atoms with van der Waals surface area (Å²) in [7, 11) is 4.58. The molecule has 5 rings (SSSR count). The quantitative estimate of drug-likeness (QED) is 0.253. The van der Waals surface area contributed by atoms with E-state index in [1.54, 1.807) is 0 Å². The van der Waals surface area contributed by atoms with Gasteiger partial charge in [-0.05, 0) is 69.7 Å². The van der Waals surface area contributed by atoms with E-state index in [9.17, 15) is 0 Å². The third-order valence-corrected chi connectivity index (χ3v) is 8.77. The van der Waals surface area contributed by atoms with E-state index in [2.05, 4.69) is 156 Å². The minimum atomic E-state index is 0. The number of benzene rings is 4. The van der Waals surface area contributed by atoms with Crippen molar-refractivity contribution in [2.75, 3.05) is 40.3 Å². The van der Waals surface area contributed by atoms with Crippen LogP contribution in [0.4, 0.5) is 0 Å². The van der Waals surface area contributed by atoms with Crippen molar-refractivity contribution in [3.8, 4) is 0 Å². The maximum absolute atomic E-state index is 3.95. The van der Waals surface area contributed by atoms with Crippen LogP contribution in [0.2, 0.25) is 0 Å². The molecule has 3 unspecified atom stereocenters. The van der Waals surface area contributed by atoms with Gasteiger partial charge in [0.2, 0.25) is 0 Å². The van der Waals surface area contributed by atoms with E-state index in [0.717, 1.165) is 51.9 Å². The molecule has 0 aliphatic carbocycles. The van der Waals surface area contributed by atoms with Crippen LogP contribution >= 0.6 is 0 Å². The second-order valence-electron chi connectivity index (χ2n) is 11.6. The fourth-order valence-electron chi connectivity index (χ4n) is 6.35. The Morgan fingerprint density at radius 3 is 1.58 bits per heavy atom. The Morgan fingerprint density at radius 1 is 0.556 bits per heavy atom. The Balaban J connectivity index is 0.00000235. The molecule has 0 saturated carbocycles. The van der Waals surface area contributed by atoms with Gasteiger partial charge < -0.3 is 40.3 Å². The second-order valence-corrected chi connectivity index (χ2v) is 11.6. The largest absolute Gasteiger partial charge is 3.00 e. The van der Waals surface area contributed by atoms with Crippen molar-refractivity contribution in [1.82, 2.24) is 20.4 Å². The molecule has 237 valence electrons. The summed E-state index contributed by atoms with van der Waals surface area (Å²) in [5.74, 6) is 0. The van der Waals surface area contributed by atoms with Crippen molar-refractivity contribution in [1.29, 1.82) is 0 Å². The standard InChI is InChI=1S/C38H47N4.2ClH.Ti/c1-41-29-25-36(32-17-9-4-10-18-32)39-27-23-35(31-15-7-3-8-16-31)40-28-24-37(33-19-11-5-12-20-33)42(2)30-26-38(41)34-21-13-6-14-22-34;;;/h3-22,35-36,38-40H,23-30H2,1-2H3;2*1H;/q-1;;;+3/p-2. The minimum Gasteiger partial charge on any atom is -1.00 e. The smallest absolute Gasteiger partial charge is 1.00 e. The van der Waals surface area contributed by atoms with Gasteiger partial charge in [-0.25, -0.2) is 0 Å². The van der Waals surface area contributed by atoms with Gasteiger partial charge in [0.25, 0.3) is 0 Å². The molecule has 7 heteroatoms. The average molecular weight is 679 g/mol. The third-order valence-electron chi connectivity index (χ3n) is 8.77. The van der Waals surface area contributed by atoms with E-state index in [0.29, 0.717) is 18.1 Å². The molecule has 4 aromatic carbocycles. The zero-order valence-corrected chi connectivity index (χ0v) is 29.7. The van der Waals surface area contributed by atoms with Gasteiger partial charge in [-0.1, -0.05) is 103 Å². The van der Waals surface area contributed by atoms with E-state index in [1.807, 2.05) is 0 Å². The van der Waals surface area contributed by atoms with Crippen LogP contribution in [0.1, 0.15) is 66.1 Å². The van der Waals surface area contributed by atoms with Crippen LogP contribution in [0.3, 0.4) is 0 Å². The molecule has 1 heterocycles. The number of nitrogens with zero attached hydrogens (tertiary/aromatic N) is 2. The maximum Gasteiger partial charge on any atom is 3.00 e. The zero-order chi connectivity index (χ0) is 29.0. The SMILES string of the molecule is CN1CCC(c2ccccc2)N(C)CCC(c2ccccc2)NCCC(c2ccccc2)NCC[C-]1c1ccccc1.[Cl-].[Cl-].[Ti+3]. The van der Waals surface area contributed by atoms with Crippen LogP contribution in [0, 0.1) is 6.04 Å². The van der Waals surface area contributed by atoms with E-state index < -0.39 is 0 Å². The predicted molar refractivity (Wildman–Crippen MR) is 176 cm³/mol. The molecule has 0 bridgehead atoms. The first-order chi connectivity index (χ1) is 20.7. The Bertz CT molecular complexity index is 1300. The Hall–Kier alpha value is -2.12. The predicted octanol–water partition coefficient (Wildman–Crippen LogP) is 1.41. The minimum absolute atomic E-state index is 0. The summed E-state index contributed by atoms with van der Waals surface area (Å²) in [6.07, 6.45) is 4.14. The number of rotatable bonds is 4. The number of nitrogens with one attached hydrogen (secondary N) is 2. The van der Waals surface area contributed by atoms with Crippen molar-refractivity contribution in [2.45, 2.75) is 43.8 Å². The van der Waals surface area contributed by atoms with Crippen LogP contribution in [-0.4, -0.2) is 50.1 Å². The average Bonchev–Trinajstić information content (AvgIpc) is 3.05. The first-order valence-electron chi connectivity index (χ1n) is 15.6. The van der Waals surface area contributed by atoms with Gasteiger partial charge >= 0.3 is 21.7 Å². The zero-order valence-electron chi connectivity index (χ0n) is 26.6. The molecule has 1 fully saturated rings. The molecule has 3 atom stereocenters. The molecule has 4 nitrogen and oxygen atoms in total. The molecule has 1 aliphatic heterocycles. The molecule has 1 saturated heterocycles. The summed E-state index contributed by atoms with van der Waals surface area (Å²) < 4.78 is 0. The van der Waals surface area contributed by atoms with Crippen molar-refractivity contribution >= 4 is 0 Å². The summed E-state index contributed by atoms with van der Waals surface area (Å²) in [6.45, 7) is 3.90. The van der Waals surface area contributed by atoms with Gasteiger partial charge in [-0.3, -0.25) is 4.90 Å². The van der Waals surface area contributed by atoms with Crippen molar-refractivity contribution in [3.63, 3.8) is 0 Å². The van der Waals surface area contributed by atoms with E-state index in [-0.39, 0.29) is 46.5 Å². The maximum atomic E-state index is 3.95. The molecule has 4 aromatic rings. The topological polar surface area (TPSA) is 30.5 Å². The molecule has 1 aliphatic rings.